The standard InChI is InChI=1S/C12H15BN2O3/c1-6-3-8(11(14)16)4-7(2)9(6)5-10(15-13)12(17)18/h3-4,10,15H,5H2,1-2H3,(H2,14,16)(H,17,18). The SMILES string of the molecule is [B]NC(Cc1c(C)cc(C(N)=O)cc1C)C(=O)O. The van der Waals surface area contributed by atoms with E-state index in [-0.39, 0.29) is 6.42 Å². The van der Waals surface area contributed by atoms with Gasteiger partial charge in [0.1, 0.15) is 0 Å². The van der Waals surface area contributed by atoms with E-state index >= 15 is 0 Å². The minimum Gasteiger partial charge on any atom is -0.480 e. The summed E-state index contributed by atoms with van der Waals surface area (Å²) < 4.78 is 0. The predicted octanol–water partition coefficient (Wildman–Crippen LogP) is 0.0711. The highest BCUT2D eigenvalue weighted by atomic mass is 16.4. The average molecular weight is 246 g/mol. The van der Waals surface area contributed by atoms with E-state index in [1.54, 1.807) is 12.1 Å². The van der Waals surface area contributed by atoms with Gasteiger partial charge in [0.25, 0.3) is 0 Å². The lowest BCUT2D eigenvalue weighted by Gasteiger charge is -2.16. The zero-order valence-corrected chi connectivity index (χ0v) is 10.4. The van der Waals surface area contributed by atoms with Crippen molar-refractivity contribution in [2.24, 2.45) is 5.73 Å². The maximum Gasteiger partial charge on any atom is 0.319 e. The second-order valence-corrected chi connectivity index (χ2v) is 4.21. The van der Waals surface area contributed by atoms with Crippen molar-refractivity contribution in [1.29, 1.82) is 0 Å². The number of primary amides is 1. The summed E-state index contributed by atoms with van der Waals surface area (Å²) in [6, 6.07) is 2.45. The van der Waals surface area contributed by atoms with E-state index in [1.807, 2.05) is 13.8 Å². The first-order chi connectivity index (χ1) is 8.36. The number of amides is 1. The molecule has 0 aliphatic rings. The first-order valence-corrected chi connectivity index (χ1v) is 5.45. The molecule has 1 rings (SSSR count). The van der Waals surface area contributed by atoms with Crippen LogP contribution in [-0.4, -0.2) is 31.0 Å². The molecule has 0 saturated carbocycles. The van der Waals surface area contributed by atoms with Crippen LogP contribution in [0.4, 0.5) is 0 Å². The van der Waals surface area contributed by atoms with Crippen molar-refractivity contribution in [1.82, 2.24) is 5.23 Å². The van der Waals surface area contributed by atoms with Gasteiger partial charge in [0.15, 0.2) is 7.98 Å². The maximum absolute atomic E-state index is 11.1. The molecule has 0 aliphatic heterocycles. The van der Waals surface area contributed by atoms with Gasteiger partial charge in [0.2, 0.25) is 5.91 Å². The van der Waals surface area contributed by atoms with Gasteiger partial charge in [-0.3, -0.25) is 9.59 Å². The number of rotatable bonds is 5. The highest BCUT2D eigenvalue weighted by Gasteiger charge is 2.18. The summed E-state index contributed by atoms with van der Waals surface area (Å²) >= 11 is 0. The van der Waals surface area contributed by atoms with Crippen LogP contribution in [0, 0.1) is 13.8 Å². The summed E-state index contributed by atoms with van der Waals surface area (Å²) in [6.45, 7) is 3.62. The van der Waals surface area contributed by atoms with Crippen molar-refractivity contribution in [3.63, 3.8) is 0 Å². The zero-order chi connectivity index (χ0) is 13.9. The molecule has 1 atom stereocenters. The van der Waals surface area contributed by atoms with Crippen LogP contribution in [0.25, 0.3) is 0 Å². The quantitative estimate of drug-likeness (QED) is 0.641. The molecule has 0 bridgehead atoms. The van der Waals surface area contributed by atoms with E-state index < -0.39 is 17.9 Å². The van der Waals surface area contributed by atoms with Crippen LogP contribution < -0.4 is 11.0 Å². The Hall–Kier alpha value is -1.82. The molecule has 1 aromatic rings. The van der Waals surface area contributed by atoms with Crippen LogP contribution in [0.2, 0.25) is 0 Å². The first-order valence-electron chi connectivity index (χ1n) is 5.45. The molecule has 0 aliphatic carbocycles. The highest BCUT2D eigenvalue weighted by molar-refractivity contribution is 6.06. The minimum absolute atomic E-state index is 0.253. The van der Waals surface area contributed by atoms with Crippen LogP contribution in [-0.2, 0) is 11.2 Å². The Balaban J connectivity index is 3.10. The summed E-state index contributed by atoms with van der Waals surface area (Å²) in [6.07, 6.45) is 0.253. The number of hydrogen-bond acceptors (Lipinski definition) is 3. The maximum atomic E-state index is 11.1. The molecule has 18 heavy (non-hydrogen) atoms. The third-order valence-corrected chi connectivity index (χ3v) is 2.89. The van der Waals surface area contributed by atoms with E-state index in [4.69, 9.17) is 18.8 Å². The Labute approximate surface area is 107 Å². The lowest BCUT2D eigenvalue weighted by Crippen LogP contribution is -2.37. The molecule has 0 heterocycles. The van der Waals surface area contributed by atoms with E-state index in [1.165, 1.54) is 0 Å². The third-order valence-electron chi connectivity index (χ3n) is 2.89. The number of hydrogen-bond donors (Lipinski definition) is 3. The van der Waals surface area contributed by atoms with E-state index in [0.717, 1.165) is 16.7 Å². The molecular weight excluding hydrogens is 231 g/mol. The van der Waals surface area contributed by atoms with Crippen molar-refractivity contribution in [3.05, 3.63) is 34.4 Å². The number of aliphatic carboxylic acids is 1. The Kier molecular flexibility index (Phi) is 4.50. The number of aryl methyl sites for hydroxylation is 2. The fraction of sp³-hybridized carbons (Fsp3) is 0.333. The molecular formula is C12H15BN2O3. The van der Waals surface area contributed by atoms with Gasteiger partial charge < -0.3 is 16.1 Å². The smallest absolute Gasteiger partial charge is 0.319 e. The van der Waals surface area contributed by atoms with Gasteiger partial charge in [-0.25, -0.2) is 0 Å². The Morgan fingerprint density at radius 2 is 1.89 bits per heavy atom. The second kappa shape index (κ2) is 5.68. The van der Waals surface area contributed by atoms with Crippen molar-refractivity contribution in [2.75, 3.05) is 0 Å². The van der Waals surface area contributed by atoms with Crippen molar-refractivity contribution in [2.45, 2.75) is 26.3 Å². The fourth-order valence-corrected chi connectivity index (χ4v) is 1.88. The van der Waals surface area contributed by atoms with Crippen LogP contribution >= 0.6 is 0 Å². The number of carbonyl (C=O) groups is 2. The fourth-order valence-electron chi connectivity index (χ4n) is 1.88. The molecule has 1 unspecified atom stereocenters. The average Bonchev–Trinajstić information content (AvgIpc) is 2.27. The molecule has 1 aromatic carbocycles. The summed E-state index contributed by atoms with van der Waals surface area (Å²) in [7, 11) is 5.19. The molecule has 1 amide bonds. The van der Waals surface area contributed by atoms with Crippen LogP contribution in [0.1, 0.15) is 27.0 Å². The minimum atomic E-state index is -1.02. The van der Waals surface area contributed by atoms with Gasteiger partial charge in [-0.2, -0.15) is 0 Å². The second-order valence-electron chi connectivity index (χ2n) is 4.21. The van der Waals surface area contributed by atoms with Gasteiger partial charge >= 0.3 is 5.97 Å². The normalized spacial score (nSPS) is 12.1. The number of nitrogens with one attached hydrogen (secondary N) is 1. The molecule has 94 valence electrons. The number of nitrogens with two attached hydrogens (primary N) is 1. The van der Waals surface area contributed by atoms with Gasteiger partial charge in [-0.1, -0.05) is 0 Å². The van der Waals surface area contributed by atoms with Gasteiger partial charge in [-0.05, 0) is 49.1 Å². The summed E-state index contributed by atoms with van der Waals surface area (Å²) in [4.78, 5) is 22.0. The Bertz CT molecular complexity index is 465. The Morgan fingerprint density at radius 3 is 2.22 bits per heavy atom. The van der Waals surface area contributed by atoms with Crippen LogP contribution in [0.3, 0.4) is 0 Å². The zero-order valence-electron chi connectivity index (χ0n) is 10.4. The number of carboxylic acids is 1. The lowest BCUT2D eigenvalue weighted by molar-refractivity contribution is -0.138. The Morgan fingerprint density at radius 1 is 1.39 bits per heavy atom. The lowest BCUT2D eigenvalue weighted by atomic mass is 9.93. The third kappa shape index (κ3) is 3.10. The highest BCUT2D eigenvalue weighted by Crippen LogP contribution is 2.18. The van der Waals surface area contributed by atoms with Gasteiger partial charge in [-0.15, -0.1) is 0 Å². The molecule has 4 N–H and O–H groups in total. The molecule has 0 fully saturated rings. The van der Waals surface area contributed by atoms with Crippen molar-refractivity contribution >= 4 is 19.9 Å². The molecule has 2 radical (unpaired) electrons. The first kappa shape index (κ1) is 14.2. The van der Waals surface area contributed by atoms with Crippen LogP contribution in [0.5, 0.6) is 0 Å². The largest absolute Gasteiger partial charge is 0.480 e. The molecule has 0 spiro atoms. The van der Waals surface area contributed by atoms with Crippen LogP contribution in [0.15, 0.2) is 12.1 Å². The number of carboxylic acid groups (broad SMARTS) is 1. The topological polar surface area (TPSA) is 92.4 Å². The van der Waals surface area contributed by atoms with E-state index in [0.29, 0.717) is 5.56 Å². The number of carbonyl (C=O) groups excluding carboxylic acids is 1. The molecule has 0 saturated heterocycles. The van der Waals surface area contributed by atoms with Gasteiger partial charge in [0, 0.05) is 5.56 Å². The summed E-state index contributed by atoms with van der Waals surface area (Å²) in [5.41, 5.74) is 8.13. The van der Waals surface area contributed by atoms with Gasteiger partial charge in [0.05, 0.1) is 6.04 Å². The number of benzene rings is 1. The van der Waals surface area contributed by atoms with Crippen molar-refractivity contribution in [3.8, 4) is 0 Å². The summed E-state index contributed by atoms with van der Waals surface area (Å²) in [5.74, 6) is -1.52. The summed E-state index contributed by atoms with van der Waals surface area (Å²) in [5, 5.41) is 11.2. The van der Waals surface area contributed by atoms with E-state index in [2.05, 4.69) is 5.23 Å². The molecule has 6 heteroatoms. The van der Waals surface area contributed by atoms with E-state index in [9.17, 15) is 9.59 Å². The van der Waals surface area contributed by atoms with Crippen molar-refractivity contribution < 1.29 is 14.7 Å². The molecule has 0 aromatic heterocycles. The monoisotopic (exact) mass is 246 g/mol. The molecule has 5 nitrogen and oxygen atoms in total. The predicted molar refractivity (Wildman–Crippen MR) is 68.5 cm³/mol.